The van der Waals surface area contributed by atoms with E-state index >= 15 is 0 Å². The molecule has 0 spiro atoms. The topological polar surface area (TPSA) is 77.0 Å². The number of rotatable bonds is 2. The Morgan fingerprint density at radius 1 is 1.38 bits per heavy atom. The number of carbonyl (C=O) groups excluding carboxylic acids is 1. The first-order valence-electron chi connectivity index (χ1n) is 4.58. The normalized spacial score (nSPS) is 10.1. The Morgan fingerprint density at radius 3 is 2.62 bits per heavy atom. The lowest BCUT2D eigenvalue weighted by molar-refractivity contribution is 0.0443. The molecule has 1 aromatic heterocycles. The number of aromatic amines is 1. The summed E-state index contributed by atoms with van der Waals surface area (Å²) < 4.78 is 0.738. The van der Waals surface area contributed by atoms with Crippen LogP contribution in [0.4, 0.5) is 0 Å². The van der Waals surface area contributed by atoms with Crippen LogP contribution in [0.25, 0.3) is 0 Å². The molecule has 0 aliphatic carbocycles. The zero-order valence-electron chi connectivity index (χ0n) is 8.51. The van der Waals surface area contributed by atoms with Crippen molar-refractivity contribution in [3.63, 3.8) is 0 Å². The van der Waals surface area contributed by atoms with Crippen LogP contribution in [0, 0.1) is 6.92 Å². The third-order valence-corrected chi connectivity index (χ3v) is 1.99. The van der Waals surface area contributed by atoms with Gasteiger partial charge in [-0.3, -0.25) is 0 Å². The fourth-order valence-corrected chi connectivity index (χ4v) is 1.13. The van der Waals surface area contributed by atoms with Gasteiger partial charge in [-0.05, 0) is 19.1 Å². The smallest absolute Gasteiger partial charge is 0.325 e. The standard InChI is InChI=1S/C10H9N3O3/c1-7-2-4-8(5-3-7)9(14)16-13-6-11-12-10(13)15/h2-6H,1H3,(H,12,15). The molecular formula is C10H9N3O3. The quantitative estimate of drug-likeness (QED) is 0.779. The Hall–Kier alpha value is -2.37. The number of nitrogens with one attached hydrogen (secondary N) is 1. The number of hydrogen-bond acceptors (Lipinski definition) is 4. The maximum atomic E-state index is 11.6. The van der Waals surface area contributed by atoms with E-state index in [4.69, 9.17) is 4.84 Å². The van der Waals surface area contributed by atoms with Crippen molar-refractivity contribution in [2.24, 2.45) is 0 Å². The van der Waals surface area contributed by atoms with Gasteiger partial charge in [0.2, 0.25) is 0 Å². The molecule has 2 rings (SSSR count). The summed E-state index contributed by atoms with van der Waals surface area (Å²) in [5.41, 5.74) is 0.816. The molecule has 0 atom stereocenters. The van der Waals surface area contributed by atoms with Crippen LogP contribution in [-0.4, -0.2) is 20.9 Å². The lowest BCUT2D eigenvalue weighted by Crippen LogP contribution is -2.28. The zero-order valence-corrected chi connectivity index (χ0v) is 8.51. The zero-order chi connectivity index (χ0) is 11.5. The van der Waals surface area contributed by atoms with Crippen molar-refractivity contribution in [2.75, 3.05) is 0 Å². The fraction of sp³-hybridized carbons (Fsp3) is 0.100. The van der Waals surface area contributed by atoms with E-state index in [9.17, 15) is 9.59 Å². The molecule has 6 heteroatoms. The minimum atomic E-state index is -0.608. The molecular weight excluding hydrogens is 210 g/mol. The number of carbonyl (C=O) groups is 1. The highest BCUT2D eigenvalue weighted by Gasteiger charge is 2.09. The van der Waals surface area contributed by atoms with E-state index in [0.717, 1.165) is 16.6 Å². The van der Waals surface area contributed by atoms with Crippen LogP contribution < -0.4 is 10.5 Å². The van der Waals surface area contributed by atoms with Gasteiger partial charge in [-0.15, -0.1) is 4.73 Å². The van der Waals surface area contributed by atoms with Crippen molar-refractivity contribution < 1.29 is 9.63 Å². The van der Waals surface area contributed by atoms with E-state index in [2.05, 4.69) is 10.2 Å². The molecule has 0 unspecified atom stereocenters. The van der Waals surface area contributed by atoms with Gasteiger partial charge in [0.1, 0.15) is 0 Å². The molecule has 2 aromatic rings. The molecule has 0 amide bonds. The monoisotopic (exact) mass is 219 g/mol. The SMILES string of the molecule is Cc1ccc(C(=O)On2cn[nH]c2=O)cc1. The van der Waals surface area contributed by atoms with Crippen LogP contribution in [0.1, 0.15) is 15.9 Å². The highest BCUT2D eigenvalue weighted by Crippen LogP contribution is 2.03. The second-order valence-corrected chi connectivity index (χ2v) is 3.23. The van der Waals surface area contributed by atoms with Gasteiger partial charge in [0.15, 0.2) is 6.33 Å². The predicted octanol–water partition coefficient (Wildman–Crippen LogP) is 0.149. The third kappa shape index (κ3) is 2.00. The van der Waals surface area contributed by atoms with Gasteiger partial charge in [-0.2, -0.15) is 5.10 Å². The number of nitrogens with zero attached hydrogens (tertiary/aromatic N) is 2. The Bertz CT molecular complexity index is 553. The van der Waals surface area contributed by atoms with Crippen LogP contribution in [0.2, 0.25) is 0 Å². The Labute approximate surface area is 90.4 Å². The van der Waals surface area contributed by atoms with Gasteiger partial charge in [0, 0.05) is 0 Å². The minimum Gasteiger partial charge on any atom is -0.325 e. The molecule has 82 valence electrons. The first-order chi connectivity index (χ1) is 7.66. The first kappa shape index (κ1) is 10.2. The van der Waals surface area contributed by atoms with Crippen molar-refractivity contribution in [2.45, 2.75) is 6.92 Å². The van der Waals surface area contributed by atoms with Crippen LogP contribution >= 0.6 is 0 Å². The molecule has 6 nitrogen and oxygen atoms in total. The molecule has 1 aromatic carbocycles. The minimum absolute atomic E-state index is 0.374. The van der Waals surface area contributed by atoms with Gasteiger partial charge in [-0.25, -0.2) is 14.7 Å². The maximum Gasteiger partial charge on any atom is 0.376 e. The van der Waals surface area contributed by atoms with Gasteiger partial charge >= 0.3 is 11.7 Å². The maximum absolute atomic E-state index is 11.6. The van der Waals surface area contributed by atoms with E-state index in [-0.39, 0.29) is 0 Å². The van der Waals surface area contributed by atoms with Crippen molar-refractivity contribution in [1.82, 2.24) is 14.9 Å². The lowest BCUT2D eigenvalue weighted by Gasteiger charge is -2.01. The average Bonchev–Trinajstić information content (AvgIpc) is 2.65. The Balaban J connectivity index is 2.18. The highest BCUT2D eigenvalue weighted by atomic mass is 16.7. The van der Waals surface area contributed by atoms with Gasteiger partial charge in [-0.1, -0.05) is 17.7 Å². The van der Waals surface area contributed by atoms with E-state index in [1.807, 2.05) is 6.92 Å². The Morgan fingerprint density at radius 2 is 2.06 bits per heavy atom. The molecule has 0 saturated carbocycles. The van der Waals surface area contributed by atoms with Crippen molar-refractivity contribution in [1.29, 1.82) is 0 Å². The summed E-state index contributed by atoms with van der Waals surface area (Å²) >= 11 is 0. The predicted molar refractivity (Wildman–Crippen MR) is 54.9 cm³/mol. The molecule has 0 saturated heterocycles. The third-order valence-electron chi connectivity index (χ3n) is 1.99. The van der Waals surface area contributed by atoms with Crippen LogP contribution in [0.3, 0.4) is 0 Å². The summed E-state index contributed by atoms with van der Waals surface area (Å²) in [5.74, 6) is -0.608. The van der Waals surface area contributed by atoms with E-state index in [0.29, 0.717) is 5.56 Å². The molecule has 0 bridgehead atoms. The largest absolute Gasteiger partial charge is 0.376 e. The van der Waals surface area contributed by atoms with Crippen LogP contribution in [-0.2, 0) is 0 Å². The molecule has 1 N–H and O–H groups in total. The van der Waals surface area contributed by atoms with Gasteiger partial charge in [0.05, 0.1) is 5.56 Å². The summed E-state index contributed by atoms with van der Waals surface area (Å²) in [6, 6.07) is 6.83. The van der Waals surface area contributed by atoms with Crippen LogP contribution in [0.15, 0.2) is 35.4 Å². The molecule has 1 heterocycles. The molecule has 0 fully saturated rings. The summed E-state index contributed by atoms with van der Waals surface area (Å²) in [5, 5.41) is 5.55. The summed E-state index contributed by atoms with van der Waals surface area (Å²) in [6.45, 7) is 1.91. The number of hydrogen-bond donors (Lipinski definition) is 1. The van der Waals surface area contributed by atoms with Crippen molar-refractivity contribution >= 4 is 5.97 Å². The molecule has 0 aliphatic heterocycles. The van der Waals surface area contributed by atoms with Gasteiger partial charge in [0.25, 0.3) is 0 Å². The Kier molecular flexibility index (Phi) is 2.55. The molecule has 16 heavy (non-hydrogen) atoms. The summed E-state index contributed by atoms with van der Waals surface area (Å²) in [4.78, 5) is 27.3. The lowest BCUT2D eigenvalue weighted by atomic mass is 10.2. The van der Waals surface area contributed by atoms with Crippen molar-refractivity contribution in [3.05, 3.63) is 52.2 Å². The highest BCUT2D eigenvalue weighted by molar-refractivity contribution is 5.89. The number of aryl methyl sites for hydroxylation is 1. The van der Waals surface area contributed by atoms with E-state index in [1.54, 1.807) is 24.3 Å². The first-order valence-corrected chi connectivity index (χ1v) is 4.58. The van der Waals surface area contributed by atoms with E-state index in [1.165, 1.54) is 0 Å². The number of H-pyrrole nitrogens is 1. The fourth-order valence-electron chi connectivity index (χ4n) is 1.13. The summed E-state index contributed by atoms with van der Waals surface area (Å²) in [6.07, 6.45) is 1.09. The van der Waals surface area contributed by atoms with Crippen molar-refractivity contribution in [3.8, 4) is 0 Å². The van der Waals surface area contributed by atoms with E-state index < -0.39 is 11.7 Å². The number of benzene rings is 1. The second-order valence-electron chi connectivity index (χ2n) is 3.23. The summed E-state index contributed by atoms with van der Waals surface area (Å²) in [7, 11) is 0. The van der Waals surface area contributed by atoms with Crippen LogP contribution in [0.5, 0.6) is 0 Å². The average molecular weight is 219 g/mol. The molecule has 0 radical (unpaired) electrons. The number of aromatic nitrogens is 3. The molecule has 0 aliphatic rings. The second kappa shape index (κ2) is 4.01. The van der Waals surface area contributed by atoms with Gasteiger partial charge < -0.3 is 4.84 Å².